The number of nitro groups is 1. The number of halogens is 1. The van der Waals surface area contributed by atoms with Gasteiger partial charge in [0.05, 0.1) is 16.2 Å². The minimum absolute atomic E-state index is 0.0554. The number of aryl methyl sites for hydroxylation is 1. The van der Waals surface area contributed by atoms with Crippen molar-refractivity contribution in [3.05, 3.63) is 69.2 Å². The Bertz CT molecular complexity index is 1040. The molecule has 0 saturated heterocycles. The zero-order valence-corrected chi connectivity index (χ0v) is 13.4. The van der Waals surface area contributed by atoms with Crippen LogP contribution in [0.3, 0.4) is 0 Å². The molecule has 0 atom stereocenters. The number of nitrogens with one attached hydrogen (secondary N) is 1. The first-order chi connectivity index (χ1) is 12.0. The van der Waals surface area contributed by atoms with E-state index in [1.807, 2.05) is 0 Å². The number of hydrogen-bond donors (Lipinski definition) is 1. The van der Waals surface area contributed by atoms with Crippen molar-refractivity contribution in [3.8, 4) is 0 Å². The SMILES string of the molecule is Cc1[nH]c2ccc(F)cc2c1C(=O)N1CCc2ccc([N+](=O)[O-])cc21. The third-order valence-electron chi connectivity index (χ3n) is 4.58. The maximum Gasteiger partial charge on any atom is 0.271 e. The number of benzene rings is 2. The zero-order chi connectivity index (χ0) is 17.7. The highest BCUT2D eigenvalue weighted by atomic mass is 19.1. The molecule has 7 heteroatoms. The summed E-state index contributed by atoms with van der Waals surface area (Å²) in [6.07, 6.45) is 0.634. The average Bonchev–Trinajstić information content (AvgIpc) is 3.13. The Kier molecular flexibility index (Phi) is 3.31. The van der Waals surface area contributed by atoms with Crippen molar-refractivity contribution in [2.75, 3.05) is 11.4 Å². The molecule has 0 bridgehead atoms. The molecular weight excluding hydrogens is 325 g/mol. The molecule has 0 radical (unpaired) electrons. The Labute approximate surface area is 142 Å². The van der Waals surface area contributed by atoms with Gasteiger partial charge in [0.1, 0.15) is 5.82 Å². The van der Waals surface area contributed by atoms with E-state index in [4.69, 9.17) is 0 Å². The number of aromatic nitrogens is 1. The number of hydrogen-bond acceptors (Lipinski definition) is 3. The predicted molar refractivity (Wildman–Crippen MR) is 91.5 cm³/mol. The number of amides is 1. The smallest absolute Gasteiger partial charge is 0.271 e. The Morgan fingerprint density at radius 1 is 1.28 bits per heavy atom. The van der Waals surface area contributed by atoms with Crippen LogP contribution in [-0.4, -0.2) is 22.4 Å². The van der Waals surface area contributed by atoms with Crippen molar-refractivity contribution in [1.29, 1.82) is 0 Å². The number of fused-ring (bicyclic) bond motifs is 2. The minimum atomic E-state index is -0.479. The molecule has 2 aromatic carbocycles. The maximum absolute atomic E-state index is 13.6. The van der Waals surface area contributed by atoms with Gasteiger partial charge in [-0.2, -0.15) is 0 Å². The van der Waals surface area contributed by atoms with Crippen molar-refractivity contribution in [3.63, 3.8) is 0 Å². The summed E-state index contributed by atoms with van der Waals surface area (Å²) in [5.41, 5.74) is 3.10. The van der Waals surface area contributed by atoms with Gasteiger partial charge >= 0.3 is 0 Å². The summed E-state index contributed by atoms with van der Waals surface area (Å²) >= 11 is 0. The molecule has 1 amide bonds. The van der Waals surface area contributed by atoms with E-state index in [1.165, 1.54) is 29.2 Å². The van der Waals surface area contributed by atoms with Crippen LogP contribution in [0, 0.1) is 22.9 Å². The Morgan fingerprint density at radius 3 is 2.84 bits per heavy atom. The lowest BCUT2D eigenvalue weighted by Crippen LogP contribution is -2.29. The fourth-order valence-electron chi connectivity index (χ4n) is 3.40. The topological polar surface area (TPSA) is 79.2 Å². The molecule has 2 heterocycles. The summed E-state index contributed by atoms with van der Waals surface area (Å²) in [4.78, 5) is 28.3. The first-order valence-electron chi connectivity index (χ1n) is 7.82. The van der Waals surface area contributed by atoms with E-state index in [1.54, 1.807) is 19.1 Å². The van der Waals surface area contributed by atoms with Gasteiger partial charge in [0.2, 0.25) is 0 Å². The van der Waals surface area contributed by atoms with Gasteiger partial charge < -0.3 is 9.88 Å². The van der Waals surface area contributed by atoms with Crippen molar-refractivity contribution in [2.45, 2.75) is 13.3 Å². The molecule has 1 aliphatic rings. The highest BCUT2D eigenvalue weighted by Gasteiger charge is 2.30. The van der Waals surface area contributed by atoms with E-state index in [0.29, 0.717) is 40.8 Å². The highest BCUT2D eigenvalue weighted by molar-refractivity contribution is 6.15. The predicted octanol–water partition coefficient (Wildman–Crippen LogP) is 3.73. The molecule has 0 unspecified atom stereocenters. The first-order valence-corrected chi connectivity index (χ1v) is 7.82. The van der Waals surface area contributed by atoms with E-state index in [2.05, 4.69) is 4.98 Å². The average molecular weight is 339 g/mol. The molecular formula is C18H14FN3O3. The number of non-ortho nitro benzene ring substituents is 1. The molecule has 0 spiro atoms. The molecule has 1 aromatic heterocycles. The number of nitro benzene ring substituents is 1. The fraction of sp³-hybridized carbons (Fsp3) is 0.167. The highest BCUT2D eigenvalue weighted by Crippen LogP contribution is 2.34. The second-order valence-electron chi connectivity index (χ2n) is 6.09. The van der Waals surface area contributed by atoms with Gasteiger partial charge in [-0.05, 0) is 37.1 Å². The van der Waals surface area contributed by atoms with Gasteiger partial charge in [0, 0.05) is 35.3 Å². The van der Waals surface area contributed by atoms with E-state index < -0.39 is 10.7 Å². The number of H-pyrrole nitrogens is 1. The molecule has 3 aromatic rings. The van der Waals surface area contributed by atoms with Crippen LogP contribution in [0.25, 0.3) is 10.9 Å². The number of nitrogens with zero attached hydrogens (tertiary/aromatic N) is 2. The number of carbonyl (C=O) groups is 1. The number of rotatable bonds is 2. The molecule has 126 valence electrons. The largest absolute Gasteiger partial charge is 0.358 e. The van der Waals surface area contributed by atoms with Gasteiger partial charge in [-0.25, -0.2) is 4.39 Å². The fourth-order valence-corrected chi connectivity index (χ4v) is 3.40. The lowest BCUT2D eigenvalue weighted by atomic mass is 10.1. The minimum Gasteiger partial charge on any atom is -0.358 e. The van der Waals surface area contributed by atoms with Crippen molar-refractivity contribution in [2.24, 2.45) is 0 Å². The second-order valence-corrected chi connectivity index (χ2v) is 6.09. The molecule has 0 fully saturated rings. The molecule has 1 N–H and O–H groups in total. The monoisotopic (exact) mass is 339 g/mol. The molecule has 25 heavy (non-hydrogen) atoms. The number of carbonyl (C=O) groups excluding carboxylic acids is 1. The lowest BCUT2D eigenvalue weighted by molar-refractivity contribution is -0.384. The molecule has 6 nitrogen and oxygen atoms in total. The third kappa shape index (κ3) is 2.36. The van der Waals surface area contributed by atoms with Crippen LogP contribution < -0.4 is 4.90 Å². The van der Waals surface area contributed by atoms with Crippen LogP contribution in [-0.2, 0) is 6.42 Å². The van der Waals surface area contributed by atoms with Crippen LogP contribution in [0.2, 0.25) is 0 Å². The lowest BCUT2D eigenvalue weighted by Gasteiger charge is -2.17. The molecule has 4 rings (SSSR count). The Morgan fingerprint density at radius 2 is 2.08 bits per heavy atom. The van der Waals surface area contributed by atoms with Crippen molar-refractivity contribution in [1.82, 2.24) is 4.98 Å². The molecule has 0 saturated carbocycles. The number of anilines is 1. The Hall–Kier alpha value is -3.22. The maximum atomic E-state index is 13.6. The normalized spacial score (nSPS) is 13.3. The van der Waals surface area contributed by atoms with Crippen LogP contribution in [0.4, 0.5) is 15.8 Å². The Balaban J connectivity index is 1.82. The van der Waals surface area contributed by atoms with Gasteiger partial charge in [0.25, 0.3) is 11.6 Å². The van der Waals surface area contributed by atoms with Crippen LogP contribution in [0.1, 0.15) is 21.6 Å². The molecule has 1 aliphatic heterocycles. The summed E-state index contributed by atoms with van der Waals surface area (Å²) < 4.78 is 13.6. The summed E-state index contributed by atoms with van der Waals surface area (Å²) in [7, 11) is 0. The summed E-state index contributed by atoms with van der Waals surface area (Å²) in [6.45, 7) is 2.20. The van der Waals surface area contributed by atoms with E-state index in [9.17, 15) is 19.3 Å². The quantitative estimate of drug-likeness (QED) is 0.571. The van der Waals surface area contributed by atoms with Crippen molar-refractivity contribution < 1.29 is 14.1 Å². The van der Waals surface area contributed by atoms with Crippen LogP contribution in [0.5, 0.6) is 0 Å². The standard InChI is InChI=1S/C18H14FN3O3/c1-10-17(14-8-12(19)3-5-15(14)20-10)18(23)21-7-6-11-2-4-13(22(24)25)9-16(11)21/h2-5,8-9,20H,6-7H2,1H3. The summed E-state index contributed by atoms with van der Waals surface area (Å²) in [5.74, 6) is -0.702. The number of aromatic amines is 1. The van der Waals surface area contributed by atoms with Crippen LogP contribution in [0.15, 0.2) is 36.4 Å². The van der Waals surface area contributed by atoms with Gasteiger partial charge in [-0.1, -0.05) is 6.07 Å². The summed E-state index contributed by atoms with van der Waals surface area (Å²) in [6, 6.07) is 8.81. The van der Waals surface area contributed by atoms with Gasteiger partial charge in [-0.15, -0.1) is 0 Å². The van der Waals surface area contributed by atoms with E-state index in [0.717, 1.165) is 5.56 Å². The second kappa shape index (κ2) is 5.41. The third-order valence-corrected chi connectivity index (χ3v) is 4.58. The van der Waals surface area contributed by atoms with Crippen molar-refractivity contribution >= 4 is 28.2 Å². The van der Waals surface area contributed by atoms with Gasteiger partial charge in [0.15, 0.2) is 0 Å². The van der Waals surface area contributed by atoms with Gasteiger partial charge in [-0.3, -0.25) is 14.9 Å². The van der Waals surface area contributed by atoms with E-state index >= 15 is 0 Å². The van der Waals surface area contributed by atoms with Crippen LogP contribution >= 0.6 is 0 Å². The first kappa shape index (κ1) is 15.3. The zero-order valence-electron chi connectivity index (χ0n) is 13.4. The molecule has 0 aliphatic carbocycles. The summed E-state index contributed by atoms with van der Waals surface area (Å²) in [5, 5.41) is 11.5. The van der Waals surface area contributed by atoms with E-state index in [-0.39, 0.29) is 11.6 Å².